The molecule has 0 N–H and O–H groups in total. The molecule has 5 heteroatoms. The molecular formula is C19H24N2O2S. The molecule has 0 radical (unpaired) electrons. The molecule has 0 aliphatic heterocycles. The molecule has 0 spiro atoms. The number of carbonyl (C=O) groups is 1. The van der Waals surface area contributed by atoms with E-state index in [-0.39, 0.29) is 17.3 Å². The number of aromatic nitrogens is 1. The highest BCUT2D eigenvalue weighted by Gasteiger charge is 2.23. The van der Waals surface area contributed by atoms with Crippen molar-refractivity contribution in [2.75, 3.05) is 7.05 Å². The van der Waals surface area contributed by atoms with Gasteiger partial charge in [-0.25, -0.2) is 0 Å². The maximum Gasteiger partial charge on any atom is 0.308 e. The minimum Gasteiger partial charge on any atom is -0.340 e. The van der Waals surface area contributed by atoms with Crippen molar-refractivity contribution in [3.05, 3.63) is 55.6 Å². The maximum atomic E-state index is 12.6. The second-order valence-electron chi connectivity index (χ2n) is 6.85. The van der Waals surface area contributed by atoms with Crippen LogP contribution in [0.1, 0.15) is 35.0 Å². The quantitative estimate of drug-likeness (QED) is 0.856. The fourth-order valence-corrected chi connectivity index (χ4v) is 4.46. The van der Waals surface area contributed by atoms with Gasteiger partial charge in [0, 0.05) is 24.2 Å². The smallest absolute Gasteiger partial charge is 0.308 e. The van der Waals surface area contributed by atoms with Gasteiger partial charge >= 0.3 is 4.87 Å². The number of fused-ring (bicyclic) bond motifs is 1. The molecule has 0 bridgehead atoms. The number of carbonyl (C=O) groups excluding carboxylic acids is 1. The normalized spacial score (nSPS) is 16.7. The molecule has 1 aliphatic carbocycles. The highest BCUT2D eigenvalue weighted by molar-refractivity contribution is 7.09. The van der Waals surface area contributed by atoms with Gasteiger partial charge in [-0.05, 0) is 43.2 Å². The molecule has 1 aromatic heterocycles. The molecule has 0 saturated carbocycles. The van der Waals surface area contributed by atoms with Gasteiger partial charge in [-0.15, -0.1) is 0 Å². The van der Waals surface area contributed by atoms with Crippen LogP contribution in [0.25, 0.3) is 0 Å². The Balaban J connectivity index is 1.73. The number of likely N-dealkylation sites (N-methyl/N-ethyl adjacent to an activating group) is 1. The number of hydrogen-bond acceptors (Lipinski definition) is 3. The molecule has 1 amide bonds. The van der Waals surface area contributed by atoms with E-state index in [2.05, 4.69) is 19.9 Å². The molecule has 24 heavy (non-hydrogen) atoms. The third kappa shape index (κ3) is 3.46. The zero-order valence-corrected chi connectivity index (χ0v) is 15.4. The van der Waals surface area contributed by atoms with E-state index >= 15 is 0 Å². The Labute approximate surface area is 146 Å². The average molecular weight is 344 g/mol. The summed E-state index contributed by atoms with van der Waals surface area (Å²) >= 11 is 1.32. The van der Waals surface area contributed by atoms with Crippen molar-refractivity contribution in [1.82, 2.24) is 9.47 Å². The SMILES string of the molecule is Cc1ccccc1CN(C)C(=O)Cn1c2c(sc1=O)C[C@H](C)CC2. The lowest BCUT2D eigenvalue weighted by molar-refractivity contribution is -0.131. The molecule has 3 rings (SSSR count). The van der Waals surface area contributed by atoms with Gasteiger partial charge in [-0.2, -0.15) is 0 Å². The fourth-order valence-electron chi connectivity index (χ4n) is 3.26. The number of amides is 1. The molecular weight excluding hydrogens is 320 g/mol. The Kier molecular flexibility index (Phi) is 4.90. The lowest BCUT2D eigenvalue weighted by Crippen LogP contribution is -2.33. The Morgan fingerprint density at radius 2 is 2.12 bits per heavy atom. The molecule has 0 saturated heterocycles. The predicted molar refractivity (Wildman–Crippen MR) is 97.4 cm³/mol. The van der Waals surface area contributed by atoms with E-state index in [9.17, 15) is 9.59 Å². The Bertz CT molecular complexity index is 806. The van der Waals surface area contributed by atoms with Crippen molar-refractivity contribution in [1.29, 1.82) is 0 Å². The van der Waals surface area contributed by atoms with Crippen LogP contribution >= 0.6 is 11.3 Å². The van der Waals surface area contributed by atoms with Gasteiger partial charge < -0.3 is 4.90 Å². The van der Waals surface area contributed by atoms with E-state index in [1.807, 2.05) is 18.2 Å². The number of nitrogens with zero attached hydrogens (tertiary/aromatic N) is 2. The molecule has 0 fully saturated rings. The maximum absolute atomic E-state index is 12.6. The van der Waals surface area contributed by atoms with Crippen LogP contribution in [0, 0.1) is 12.8 Å². The van der Waals surface area contributed by atoms with Crippen molar-refractivity contribution in [2.24, 2.45) is 5.92 Å². The van der Waals surface area contributed by atoms with E-state index in [1.54, 1.807) is 16.5 Å². The van der Waals surface area contributed by atoms with E-state index in [0.717, 1.165) is 30.5 Å². The summed E-state index contributed by atoms with van der Waals surface area (Å²) in [7, 11) is 1.81. The monoisotopic (exact) mass is 344 g/mol. The van der Waals surface area contributed by atoms with E-state index < -0.39 is 0 Å². The van der Waals surface area contributed by atoms with Crippen molar-refractivity contribution >= 4 is 17.2 Å². The molecule has 4 nitrogen and oxygen atoms in total. The Morgan fingerprint density at radius 3 is 2.88 bits per heavy atom. The van der Waals surface area contributed by atoms with Crippen LogP contribution in [0.5, 0.6) is 0 Å². The number of thiazole rings is 1. The lowest BCUT2D eigenvalue weighted by atomic mass is 9.93. The molecule has 2 aromatic rings. The fraction of sp³-hybridized carbons (Fsp3) is 0.474. The third-order valence-electron chi connectivity index (χ3n) is 4.87. The summed E-state index contributed by atoms with van der Waals surface area (Å²) in [5, 5.41) is 0. The van der Waals surface area contributed by atoms with Gasteiger partial charge in [-0.1, -0.05) is 42.5 Å². The average Bonchev–Trinajstić information content (AvgIpc) is 2.84. The van der Waals surface area contributed by atoms with Crippen molar-refractivity contribution in [3.8, 4) is 0 Å². The Hall–Kier alpha value is -1.88. The minimum atomic E-state index is -0.0143. The summed E-state index contributed by atoms with van der Waals surface area (Å²) in [6, 6.07) is 8.08. The first kappa shape index (κ1) is 17.0. The van der Waals surface area contributed by atoms with Crippen LogP contribution in [0.3, 0.4) is 0 Å². The lowest BCUT2D eigenvalue weighted by Gasteiger charge is -2.21. The zero-order chi connectivity index (χ0) is 17.3. The molecule has 1 heterocycles. The van der Waals surface area contributed by atoms with Crippen LogP contribution < -0.4 is 4.87 Å². The highest BCUT2D eigenvalue weighted by atomic mass is 32.1. The largest absolute Gasteiger partial charge is 0.340 e. The van der Waals surface area contributed by atoms with Crippen molar-refractivity contribution < 1.29 is 4.79 Å². The third-order valence-corrected chi connectivity index (χ3v) is 5.92. The van der Waals surface area contributed by atoms with Crippen LogP contribution in [-0.2, 0) is 30.7 Å². The molecule has 1 atom stereocenters. The van der Waals surface area contributed by atoms with E-state index in [0.29, 0.717) is 12.5 Å². The van der Waals surface area contributed by atoms with Gasteiger partial charge in [-0.3, -0.25) is 14.2 Å². The van der Waals surface area contributed by atoms with E-state index in [4.69, 9.17) is 0 Å². The first-order valence-electron chi connectivity index (χ1n) is 8.45. The highest BCUT2D eigenvalue weighted by Crippen LogP contribution is 2.27. The van der Waals surface area contributed by atoms with Crippen molar-refractivity contribution in [3.63, 3.8) is 0 Å². The number of hydrogen-bond donors (Lipinski definition) is 0. The second-order valence-corrected chi connectivity index (χ2v) is 7.89. The predicted octanol–water partition coefficient (Wildman–Crippen LogP) is 3.00. The molecule has 1 aromatic carbocycles. The number of rotatable bonds is 4. The van der Waals surface area contributed by atoms with Gasteiger partial charge in [0.05, 0.1) is 0 Å². The van der Waals surface area contributed by atoms with E-state index in [1.165, 1.54) is 21.8 Å². The van der Waals surface area contributed by atoms with Crippen LogP contribution in [0.15, 0.2) is 29.1 Å². The summed E-state index contributed by atoms with van der Waals surface area (Å²) in [6.07, 6.45) is 2.97. The summed E-state index contributed by atoms with van der Waals surface area (Å²) < 4.78 is 1.70. The van der Waals surface area contributed by atoms with Gasteiger partial charge in [0.25, 0.3) is 0 Å². The summed E-state index contributed by atoms with van der Waals surface area (Å²) in [5.74, 6) is 0.614. The summed E-state index contributed by atoms with van der Waals surface area (Å²) in [5.41, 5.74) is 3.40. The van der Waals surface area contributed by atoms with Gasteiger partial charge in [0.2, 0.25) is 5.91 Å². The van der Waals surface area contributed by atoms with Crippen LogP contribution in [0.4, 0.5) is 0 Å². The molecule has 0 unspecified atom stereocenters. The van der Waals surface area contributed by atoms with Crippen molar-refractivity contribution in [2.45, 2.75) is 46.2 Å². The summed E-state index contributed by atoms with van der Waals surface area (Å²) in [4.78, 5) is 27.8. The number of aryl methyl sites for hydroxylation is 1. The number of benzene rings is 1. The molecule has 1 aliphatic rings. The Morgan fingerprint density at radius 1 is 1.38 bits per heavy atom. The van der Waals surface area contributed by atoms with Crippen LogP contribution in [-0.4, -0.2) is 22.4 Å². The second kappa shape index (κ2) is 6.93. The van der Waals surface area contributed by atoms with Gasteiger partial charge in [0.1, 0.15) is 6.54 Å². The first-order valence-corrected chi connectivity index (χ1v) is 9.27. The first-order chi connectivity index (χ1) is 11.5. The minimum absolute atomic E-state index is 0.00624. The molecule has 128 valence electrons. The van der Waals surface area contributed by atoms with Gasteiger partial charge in [0.15, 0.2) is 0 Å². The zero-order valence-electron chi connectivity index (χ0n) is 14.5. The van der Waals surface area contributed by atoms with Crippen LogP contribution in [0.2, 0.25) is 0 Å². The standard InChI is InChI=1S/C19H24N2O2S/c1-13-8-9-16-17(10-13)24-19(23)21(16)12-18(22)20(3)11-15-7-5-4-6-14(15)2/h4-7,13H,8-12H2,1-3H3/t13-/m1/s1. The summed E-state index contributed by atoms with van der Waals surface area (Å²) in [6.45, 7) is 5.00. The topological polar surface area (TPSA) is 42.3 Å².